The molecule has 0 saturated heterocycles. The van der Waals surface area contributed by atoms with E-state index in [0.29, 0.717) is 0 Å². The fourth-order valence-electron chi connectivity index (χ4n) is 1.60. The van der Waals surface area contributed by atoms with E-state index in [2.05, 4.69) is 20.2 Å². The van der Waals surface area contributed by atoms with Gasteiger partial charge in [-0.25, -0.2) is 10.2 Å². The normalized spacial score (nSPS) is 10.8. The van der Waals surface area contributed by atoms with E-state index in [9.17, 15) is 9.59 Å². The minimum Gasteiger partial charge on any atom is -0.459 e. The molecule has 2 N–H and O–H groups in total. The third-order valence-electron chi connectivity index (χ3n) is 2.45. The molecular weight excluding hydrogens is 246 g/mol. The zero-order chi connectivity index (χ0) is 13.7. The lowest BCUT2D eigenvalue weighted by atomic mass is 10.2. The fourth-order valence-corrected chi connectivity index (χ4v) is 1.60. The van der Waals surface area contributed by atoms with Crippen LogP contribution in [-0.4, -0.2) is 29.7 Å². The Kier molecular flexibility index (Phi) is 3.92. The van der Waals surface area contributed by atoms with Gasteiger partial charge >= 0.3 is 11.9 Å². The van der Waals surface area contributed by atoms with Gasteiger partial charge in [0.05, 0.1) is 12.8 Å². The van der Waals surface area contributed by atoms with E-state index in [1.807, 2.05) is 24.3 Å². The van der Waals surface area contributed by atoms with Crippen LogP contribution in [0.5, 0.6) is 0 Å². The molecule has 0 aliphatic heterocycles. The summed E-state index contributed by atoms with van der Waals surface area (Å²) in [6, 6.07) is 7.69. The molecule has 19 heavy (non-hydrogen) atoms. The molecule has 2 aromatic rings. The minimum absolute atomic E-state index is 0.151. The highest BCUT2D eigenvalue weighted by molar-refractivity contribution is 6.32. The van der Waals surface area contributed by atoms with Crippen molar-refractivity contribution in [3.63, 3.8) is 0 Å². The number of hydrogen-bond acceptors (Lipinski definition) is 4. The molecule has 6 heteroatoms. The number of aromatic amines is 1. The predicted octanol–water partition coefficient (Wildman–Crippen LogP) is 1.18. The summed E-state index contributed by atoms with van der Waals surface area (Å²) in [5.41, 5.74) is 3.90. The maximum atomic E-state index is 11.2. The number of H-pyrrole nitrogens is 1. The topological polar surface area (TPSA) is 83.6 Å². The Balaban J connectivity index is 2.03. The van der Waals surface area contributed by atoms with Gasteiger partial charge in [-0.3, -0.25) is 4.79 Å². The van der Waals surface area contributed by atoms with E-state index in [4.69, 9.17) is 0 Å². The third kappa shape index (κ3) is 2.98. The van der Waals surface area contributed by atoms with Crippen molar-refractivity contribution in [1.82, 2.24) is 10.4 Å². The van der Waals surface area contributed by atoms with Gasteiger partial charge < -0.3 is 9.72 Å². The Morgan fingerprint density at radius 3 is 3.00 bits per heavy atom. The van der Waals surface area contributed by atoms with Crippen LogP contribution in [0.2, 0.25) is 0 Å². The van der Waals surface area contributed by atoms with Crippen LogP contribution in [0.15, 0.2) is 35.6 Å². The highest BCUT2D eigenvalue weighted by Crippen LogP contribution is 2.15. The number of hydrogen-bond donors (Lipinski definition) is 2. The van der Waals surface area contributed by atoms with E-state index >= 15 is 0 Å². The largest absolute Gasteiger partial charge is 0.459 e. The summed E-state index contributed by atoms with van der Waals surface area (Å²) in [6.45, 7) is 1.78. The molecular formula is C13H13N3O3. The molecule has 0 bridgehead atoms. The highest BCUT2D eigenvalue weighted by Gasteiger charge is 2.12. The van der Waals surface area contributed by atoms with Crippen LogP contribution < -0.4 is 5.43 Å². The van der Waals surface area contributed by atoms with Crippen molar-refractivity contribution < 1.29 is 14.3 Å². The zero-order valence-corrected chi connectivity index (χ0v) is 10.3. The van der Waals surface area contributed by atoms with Crippen LogP contribution in [0.1, 0.15) is 12.5 Å². The third-order valence-corrected chi connectivity index (χ3v) is 2.45. The Hall–Kier alpha value is -2.63. The number of ether oxygens (including phenoxy) is 1. The van der Waals surface area contributed by atoms with E-state index in [1.165, 1.54) is 6.21 Å². The van der Waals surface area contributed by atoms with Crippen molar-refractivity contribution in [2.75, 3.05) is 6.61 Å². The first kappa shape index (κ1) is 12.8. The van der Waals surface area contributed by atoms with Crippen molar-refractivity contribution in [2.45, 2.75) is 6.92 Å². The summed E-state index contributed by atoms with van der Waals surface area (Å²) in [6.07, 6.45) is 3.24. The number of aromatic nitrogens is 1. The maximum absolute atomic E-state index is 11.2. The van der Waals surface area contributed by atoms with Gasteiger partial charge in [-0.05, 0) is 13.0 Å². The number of para-hydroxylation sites is 1. The Morgan fingerprint density at radius 2 is 2.21 bits per heavy atom. The lowest BCUT2D eigenvalue weighted by Gasteiger charge is -1.98. The fraction of sp³-hybridized carbons (Fsp3) is 0.154. The van der Waals surface area contributed by atoms with Crippen LogP contribution in [0, 0.1) is 0 Å². The molecule has 1 amide bonds. The Bertz CT molecular complexity index is 631. The first-order chi connectivity index (χ1) is 9.22. The number of amides is 1. The standard InChI is InChI=1S/C13H13N3O3/c1-2-19-13(18)12(17)16-15-8-9-7-14-11-6-4-3-5-10(9)11/h3-8,14H,2H2,1H3,(H,16,17)/b15-8+. The number of carbonyl (C=O) groups excluding carboxylic acids is 2. The number of benzene rings is 1. The van der Waals surface area contributed by atoms with Crippen molar-refractivity contribution in [3.8, 4) is 0 Å². The molecule has 0 atom stereocenters. The highest BCUT2D eigenvalue weighted by atomic mass is 16.5. The number of hydrazone groups is 1. The number of fused-ring (bicyclic) bond motifs is 1. The Morgan fingerprint density at radius 1 is 1.42 bits per heavy atom. The molecule has 0 aliphatic rings. The molecule has 0 radical (unpaired) electrons. The van der Waals surface area contributed by atoms with Gasteiger partial charge in [-0.2, -0.15) is 5.10 Å². The van der Waals surface area contributed by atoms with Gasteiger partial charge in [0.15, 0.2) is 0 Å². The average Bonchev–Trinajstić information content (AvgIpc) is 2.82. The van der Waals surface area contributed by atoms with Gasteiger partial charge in [0.1, 0.15) is 0 Å². The van der Waals surface area contributed by atoms with Crippen molar-refractivity contribution in [2.24, 2.45) is 5.10 Å². The summed E-state index contributed by atoms with van der Waals surface area (Å²) >= 11 is 0. The number of carbonyl (C=O) groups is 2. The molecule has 0 aliphatic carbocycles. The second-order valence-corrected chi connectivity index (χ2v) is 3.71. The summed E-state index contributed by atoms with van der Waals surface area (Å²) in [7, 11) is 0. The number of nitrogens with zero attached hydrogens (tertiary/aromatic N) is 1. The lowest BCUT2D eigenvalue weighted by molar-refractivity contribution is -0.154. The second kappa shape index (κ2) is 5.81. The average molecular weight is 259 g/mol. The SMILES string of the molecule is CCOC(=O)C(=O)N/N=C/c1c[nH]c2ccccc12. The van der Waals surface area contributed by atoms with Gasteiger partial charge in [0, 0.05) is 22.7 Å². The van der Waals surface area contributed by atoms with Gasteiger partial charge in [-0.1, -0.05) is 18.2 Å². The van der Waals surface area contributed by atoms with Gasteiger partial charge in [0.25, 0.3) is 0 Å². The number of esters is 1. The lowest BCUT2D eigenvalue weighted by Crippen LogP contribution is -2.28. The zero-order valence-electron chi connectivity index (χ0n) is 10.3. The van der Waals surface area contributed by atoms with E-state index in [1.54, 1.807) is 13.1 Å². The molecule has 1 aromatic heterocycles. The van der Waals surface area contributed by atoms with E-state index in [0.717, 1.165) is 16.5 Å². The first-order valence-electron chi connectivity index (χ1n) is 5.78. The minimum atomic E-state index is -0.946. The Labute approximate surface area is 109 Å². The first-order valence-corrected chi connectivity index (χ1v) is 5.78. The molecule has 6 nitrogen and oxygen atoms in total. The van der Waals surface area contributed by atoms with Crippen LogP contribution in [0.4, 0.5) is 0 Å². The quantitative estimate of drug-likeness (QED) is 0.376. The second-order valence-electron chi connectivity index (χ2n) is 3.71. The van der Waals surface area contributed by atoms with Crippen LogP contribution in [0.3, 0.4) is 0 Å². The number of rotatable bonds is 3. The van der Waals surface area contributed by atoms with Gasteiger partial charge in [0.2, 0.25) is 0 Å². The molecule has 0 fully saturated rings. The van der Waals surface area contributed by atoms with Crippen molar-refractivity contribution in [3.05, 3.63) is 36.0 Å². The summed E-state index contributed by atoms with van der Waals surface area (Å²) in [4.78, 5) is 25.3. The molecule has 2 rings (SSSR count). The summed E-state index contributed by atoms with van der Waals surface area (Å²) in [5.74, 6) is -1.84. The van der Waals surface area contributed by atoms with Crippen molar-refractivity contribution in [1.29, 1.82) is 0 Å². The molecule has 1 heterocycles. The van der Waals surface area contributed by atoms with E-state index < -0.39 is 11.9 Å². The van der Waals surface area contributed by atoms with Gasteiger partial charge in [-0.15, -0.1) is 0 Å². The summed E-state index contributed by atoms with van der Waals surface area (Å²) < 4.78 is 4.53. The monoisotopic (exact) mass is 259 g/mol. The number of nitrogens with one attached hydrogen (secondary N) is 2. The van der Waals surface area contributed by atoms with Crippen molar-refractivity contribution >= 4 is 29.0 Å². The molecule has 0 unspecified atom stereocenters. The summed E-state index contributed by atoms with van der Waals surface area (Å²) in [5, 5.41) is 4.70. The molecule has 98 valence electrons. The van der Waals surface area contributed by atoms with Crippen LogP contribution in [0.25, 0.3) is 10.9 Å². The smallest absolute Gasteiger partial charge is 0.398 e. The molecule has 0 saturated carbocycles. The van der Waals surface area contributed by atoms with Crippen LogP contribution in [-0.2, 0) is 14.3 Å². The van der Waals surface area contributed by atoms with Crippen LogP contribution >= 0.6 is 0 Å². The van der Waals surface area contributed by atoms with E-state index in [-0.39, 0.29) is 6.61 Å². The predicted molar refractivity (Wildman–Crippen MR) is 70.7 cm³/mol. The molecule has 1 aromatic carbocycles. The molecule has 0 spiro atoms. The maximum Gasteiger partial charge on any atom is 0.398 e.